The van der Waals surface area contributed by atoms with E-state index in [1.54, 1.807) is 12.1 Å². The van der Waals surface area contributed by atoms with Crippen molar-refractivity contribution in [2.24, 2.45) is 0 Å². The van der Waals surface area contributed by atoms with Crippen LogP contribution < -0.4 is 5.32 Å². The Morgan fingerprint density at radius 3 is 2.94 bits per heavy atom. The Labute approximate surface area is 97.7 Å². The second kappa shape index (κ2) is 5.55. The van der Waals surface area contributed by atoms with Crippen LogP contribution in [0.3, 0.4) is 0 Å². The molecular weight excluding hydrogens is 225 g/mol. The lowest BCUT2D eigenvalue weighted by atomic mass is 10.4. The van der Waals surface area contributed by atoms with E-state index in [2.05, 4.69) is 5.32 Å². The topological polar surface area (TPSA) is 29.1 Å². The molecule has 0 spiro atoms. The molecule has 1 atom stereocenters. The van der Waals surface area contributed by atoms with E-state index in [1.165, 1.54) is 25.0 Å². The summed E-state index contributed by atoms with van der Waals surface area (Å²) >= 11 is 0. The van der Waals surface area contributed by atoms with E-state index >= 15 is 0 Å². The van der Waals surface area contributed by atoms with E-state index in [1.807, 2.05) is 0 Å². The molecule has 16 heavy (non-hydrogen) atoms. The highest BCUT2D eigenvalue weighted by Gasteiger charge is 2.19. The van der Waals surface area contributed by atoms with Gasteiger partial charge in [-0.15, -0.1) is 0 Å². The molecule has 88 valence electrons. The van der Waals surface area contributed by atoms with Crippen molar-refractivity contribution in [3.8, 4) is 0 Å². The maximum atomic E-state index is 12.9. The zero-order valence-electron chi connectivity index (χ0n) is 9.12. The molecule has 0 amide bonds. The first-order chi connectivity index (χ1) is 7.75. The molecule has 0 saturated heterocycles. The number of benzene rings is 1. The number of rotatable bonds is 6. The maximum absolute atomic E-state index is 12.9. The van der Waals surface area contributed by atoms with Crippen LogP contribution in [0.25, 0.3) is 0 Å². The summed E-state index contributed by atoms with van der Waals surface area (Å²) in [6.07, 6.45) is 3.42. The summed E-state index contributed by atoms with van der Waals surface area (Å²) in [6.45, 7) is 0.908. The van der Waals surface area contributed by atoms with Crippen molar-refractivity contribution in [3.05, 3.63) is 30.1 Å². The molecule has 0 aliphatic heterocycles. The maximum Gasteiger partial charge on any atom is 0.124 e. The fraction of sp³-hybridized carbons (Fsp3) is 0.500. The summed E-state index contributed by atoms with van der Waals surface area (Å²) in [6, 6.07) is 6.74. The smallest absolute Gasteiger partial charge is 0.124 e. The molecule has 2 rings (SSSR count). The molecular formula is C12H16FNOS. The molecule has 1 N–H and O–H groups in total. The summed E-state index contributed by atoms with van der Waals surface area (Å²) in [5.74, 6) is 0.283. The van der Waals surface area contributed by atoms with E-state index in [4.69, 9.17) is 0 Å². The van der Waals surface area contributed by atoms with Gasteiger partial charge in [0.15, 0.2) is 0 Å². The molecule has 1 aromatic rings. The van der Waals surface area contributed by atoms with Crippen molar-refractivity contribution in [2.45, 2.75) is 30.2 Å². The quantitative estimate of drug-likeness (QED) is 0.773. The van der Waals surface area contributed by atoms with Crippen LogP contribution >= 0.6 is 0 Å². The van der Waals surface area contributed by atoms with E-state index in [0.717, 1.165) is 13.0 Å². The van der Waals surface area contributed by atoms with E-state index < -0.39 is 10.8 Å². The number of hydrogen-bond acceptors (Lipinski definition) is 2. The molecule has 1 unspecified atom stereocenters. The van der Waals surface area contributed by atoms with Crippen LogP contribution in [0.4, 0.5) is 4.39 Å². The lowest BCUT2D eigenvalue weighted by Crippen LogP contribution is -2.19. The summed E-state index contributed by atoms with van der Waals surface area (Å²) in [5.41, 5.74) is 0. The Hall–Kier alpha value is -0.740. The number of hydrogen-bond donors (Lipinski definition) is 1. The van der Waals surface area contributed by atoms with Gasteiger partial charge in [0, 0.05) is 16.7 Å². The Morgan fingerprint density at radius 1 is 1.44 bits per heavy atom. The lowest BCUT2D eigenvalue weighted by Gasteiger charge is -2.03. The largest absolute Gasteiger partial charge is 0.314 e. The molecule has 0 heterocycles. The Balaban J connectivity index is 1.73. The second-order valence-electron chi connectivity index (χ2n) is 4.09. The molecule has 2 nitrogen and oxygen atoms in total. The van der Waals surface area contributed by atoms with Gasteiger partial charge in [-0.1, -0.05) is 6.07 Å². The molecule has 1 aromatic carbocycles. The minimum atomic E-state index is -1.07. The highest BCUT2D eigenvalue weighted by Crippen LogP contribution is 2.18. The molecule has 0 aromatic heterocycles. The van der Waals surface area contributed by atoms with E-state index in [9.17, 15) is 8.60 Å². The average molecular weight is 241 g/mol. The molecule has 0 radical (unpaired) electrons. The molecule has 1 saturated carbocycles. The van der Waals surface area contributed by atoms with Crippen molar-refractivity contribution >= 4 is 10.8 Å². The minimum absolute atomic E-state index is 0.318. The monoisotopic (exact) mass is 241 g/mol. The third-order valence-corrected chi connectivity index (χ3v) is 4.02. The number of halogens is 1. The van der Waals surface area contributed by atoms with Gasteiger partial charge in [0.05, 0.1) is 10.8 Å². The van der Waals surface area contributed by atoms with Gasteiger partial charge in [-0.05, 0) is 44.0 Å². The standard InChI is InChI=1S/C12H16FNOS/c13-10-3-1-4-12(9-10)16(15)8-2-7-14-11-5-6-11/h1,3-4,9,11,14H,2,5-8H2. The fourth-order valence-corrected chi connectivity index (χ4v) is 2.64. The van der Waals surface area contributed by atoms with Gasteiger partial charge < -0.3 is 5.32 Å². The van der Waals surface area contributed by atoms with Gasteiger partial charge in [0.25, 0.3) is 0 Å². The minimum Gasteiger partial charge on any atom is -0.314 e. The fourth-order valence-electron chi connectivity index (χ4n) is 1.52. The van der Waals surface area contributed by atoms with Crippen LogP contribution in [-0.4, -0.2) is 22.5 Å². The van der Waals surface area contributed by atoms with Crippen LogP contribution in [0.2, 0.25) is 0 Å². The average Bonchev–Trinajstić information content (AvgIpc) is 3.08. The Morgan fingerprint density at radius 2 is 2.25 bits per heavy atom. The number of nitrogens with one attached hydrogen (secondary N) is 1. The van der Waals surface area contributed by atoms with Crippen molar-refractivity contribution in [2.75, 3.05) is 12.3 Å². The first-order valence-electron chi connectivity index (χ1n) is 5.63. The normalized spacial score (nSPS) is 17.3. The summed E-state index contributed by atoms with van der Waals surface area (Å²) in [7, 11) is -1.07. The highest BCUT2D eigenvalue weighted by atomic mass is 32.2. The third-order valence-electron chi connectivity index (χ3n) is 2.58. The van der Waals surface area contributed by atoms with Crippen molar-refractivity contribution in [3.63, 3.8) is 0 Å². The molecule has 1 fully saturated rings. The zero-order valence-corrected chi connectivity index (χ0v) is 9.93. The van der Waals surface area contributed by atoms with Gasteiger partial charge in [-0.2, -0.15) is 0 Å². The van der Waals surface area contributed by atoms with Crippen LogP contribution in [0.5, 0.6) is 0 Å². The van der Waals surface area contributed by atoms with Crippen LogP contribution in [-0.2, 0) is 10.8 Å². The van der Waals surface area contributed by atoms with E-state index in [0.29, 0.717) is 16.7 Å². The highest BCUT2D eigenvalue weighted by molar-refractivity contribution is 7.85. The van der Waals surface area contributed by atoms with Crippen molar-refractivity contribution in [1.82, 2.24) is 5.32 Å². The van der Waals surface area contributed by atoms with Crippen LogP contribution in [0.1, 0.15) is 19.3 Å². The van der Waals surface area contributed by atoms with E-state index in [-0.39, 0.29) is 5.82 Å². The summed E-state index contributed by atoms with van der Waals surface area (Å²) < 4.78 is 24.7. The molecule has 4 heteroatoms. The van der Waals surface area contributed by atoms with Crippen LogP contribution in [0, 0.1) is 5.82 Å². The first-order valence-corrected chi connectivity index (χ1v) is 6.95. The van der Waals surface area contributed by atoms with Crippen molar-refractivity contribution in [1.29, 1.82) is 0 Å². The van der Waals surface area contributed by atoms with Gasteiger partial charge >= 0.3 is 0 Å². The van der Waals surface area contributed by atoms with Gasteiger partial charge in [0.2, 0.25) is 0 Å². The second-order valence-corrected chi connectivity index (χ2v) is 5.66. The van der Waals surface area contributed by atoms with Gasteiger partial charge in [-0.25, -0.2) is 4.39 Å². The molecule has 1 aliphatic rings. The third kappa shape index (κ3) is 3.68. The van der Waals surface area contributed by atoms with Crippen LogP contribution in [0.15, 0.2) is 29.2 Å². The predicted molar refractivity (Wildman–Crippen MR) is 63.3 cm³/mol. The Kier molecular flexibility index (Phi) is 4.07. The molecule has 1 aliphatic carbocycles. The summed E-state index contributed by atoms with van der Waals surface area (Å²) in [4.78, 5) is 0.589. The van der Waals surface area contributed by atoms with Gasteiger partial charge in [-0.3, -0.25) is 4.21 Å². The first kappa shape index (κ1) is 11.7. The zero-order chi connectivity index (χ0) is 11.4. The Bertz CT molecular complexity index is 379. The molecule has 0 bridgehead atoms. The SMILES string of the molecule is O=S(CCCNC1CC1)c1cccc(F)c1. The predicted octanol–water partition coefficient (Wildman–Crippen LogP) is 2.08. The van der Waals surface area contributed by atoms with Gasteiger partial charge in [0.1, 0.15) is 5.82 Å². The summed E-state index contributed by atoms with van der Waals surface area (Å²) in [5, 5.41) is 3.37. The lowest BCUT2D eigenvalue weighted by molar-refractivity contribution is 0.622. The van der Waals surface area contributed by atoms with Crippen molar-refractivity contribution < 1.29 is 8.60 Å².